The van der Waals surface area contributed by atoms with Crippen LogP contribution < -0.4 is 10.2 Å². The SMILES string of the molecule is CCN(C(=O)CN1C(=O)NC(C)(c2cccs2)C1=O)c1ccccc1. The second-order valence-electron chi connectivity index (χ2n) is 5.90. The molecule has 0 spiro atoms. The predicted octanol–water partition coefficient (Wildman–Crippen LogP) is 2.57. The molecule has 1 saturated heterocycles. The molecule has 3 rings (SSSR count). The highest BCUT2D eigenvalue weighted by molar-refractivity contribution is 7.10. The molecule has 4 amide bonds. The average molecular weight is 357 g/mol. The number of imide groups is 1. The number of carbonyl (C=O) groups is 3. The molecular weight excluding hydrogens is 338 g/mol. The van der Waals surface area contributed by atoms with Crippen LogP contribution in [0.4, 0.5) is 10.5 Å². The highest BCUT2D eigenvalue weighted by atomic mass is 32.1. The van der Waals surface area contributed by atoms with Crippen molar-refractivity contribution in [3.05, 3.63) is 52.7 Å². The van der Waals surface area contributed by atoms with Crippen LogP contribution in [0.5, 0.6) is 0 Å². The molecule has 1 N–H and O–H groups in total. The number of thiophene rings is 1. The van der Waals surface area contributed by atoms with Crippen LogP contribution in [-0.4, -0.2) is 35.8 Å². The average Bonchev–Trinajstić information content (AvgIpc) is 3.21. The molecule has 1 unspecified atom stereocenters. The first kappa shape index (κ1) is 17.2. The van der Waals surface area contributed by atoms with Gasteiger partial charge in [-0.05, 0) is 37.4 Å². The molecule has 0 radical (unpaired) electrons. The summed E-state index contributed by atoms with van der Waals surface area (Å²) in [6.07, 6.45) is 0. The van der Waals surface area contributed by atoms with Crippen molar-refractivity contribution in [3.63, 3.8) is 0 Å². The van der Waals surface area contributed by atoms with Gasteiger partial charge in [0, 0.05) is 17.1 Å². The summed E-state index contributed by atoms with van der Waals surface area (Å²) in [7, 11) is 0. The van der Waals surface area contributed by atoms with Crippen molar-refractivity contribution < 1.29 is 14.4 Å². The largest absolute Gasteiger partial charge is 0.325 e. The lowest BCUT2D eigenvalue weighted by molar-refractivity contribution is -0.134. The normalized spacial score (nSPS) is 19.8. The van der Waals surface area contributed by atoms with E-state index >= 15 is 0 Å². The van der Waals surface area contributed by atoms with Crippen LogP contribution in [-0.2, 0) is 15.1 Å². The van der Waals surface area contributed by atoms with Crippen LogP contribution in [0.3, 0.4) is 0 Å². The van der Waals surface area contributed by atoms with Crippen LogP contribution in [0.1, 0.15) is 18.7 Å². The van der Waals surface area contributed by atoms with E-state index in [-0.39, 0.29) is 12.5 Å². The van der Waals surface area contributed by atoms with Crippen LogP contribution in [0.2, 0.25) is 0 Å². The number of likely N-dealkylation sites (N-methyl/N-ethyl adjacent to an activating group) is 1. The third kappa shape index (κ3) is 3.02. The van der Waals surface area contributed by atoms with E-state index in [0.717, 1.165) is 15.5 Å². The Morgan fingerprint density at radius 2 is 1.92 bits per heavy atom. The maximum atomic E-state index is 12.8. The lowest BCUT2D eigenvalue weighted by Crippen LogP contribution is -2.44. The lowest BCUT2D eigenvalue weighted by atomic mass is 10.0. The first-order valence-corrected chi connectivity index (χ1v) is 8.89. The van der Waals surface area contributed by atoms with Crippen molar-refractivity contribution in [1.29, 1.82) is 0 Å². The smallest absolute Gasteiger partial charge is 0.319 e. The fraction of sp³-hybridized carbons (Fsp3) is 0.278. The summed E-state index contributed by atoms with van der Waals surface area (Å²) < 4.78 is 0. The van der Waals surface area contributed by atoms with Gasteiger partial charge in [-0.3, -0.25) is 14.5 Å². The lowest BCUT2D eigenvalue weighted by Gasteiger charge is -2.24. The van der Waals surface area contributed by atoms with Crippen LogP contribution >= 0.6 is 11.3 Å². The summed E-state index contributed by atoms with van der Waals surface area (Å²) >= 11 is 1.40. The van der Waals surface area contributed by atoms with Gasteiger partial charge in [0.15, 0.2) is 5.54 Å². The van der Waals surface area contributed by atoms with Gasteiger partial charge in [-0.2, -0.15) is 0 Å². The summed E-state index contributed by atoms with van der Waals surface area (Å²) in [6, 6.07) is 12.3. The Labute approximate surface area is 150 Å². The molecule has 1 aromatic carbocycles. The Hall–Kier alpha value is -2.67. The molecule has 6 nitrogen and oxygen atoms in total. The van der Waals surface area contributed by atoms with E-state index < -0.39 is 17.5 Å². The van der Waals surface area contributed by atoms with Gasteiger partial charge in [0.2, 0.25) is 5.91 Å². The summed E-state index contributed by atoms with van der Waals surface area (Å²) in [6.45, 7) is 3.69. The Morgan fingerprint density at radius 1 is 1.20 bits per heavy atom. The molecule has 1 atom stereocenters. The molecule has 1 fully saturated rings. The maximum absolute atomic E-state index is 12.8. The summed E-state index contributed by atoms with van der Waals surface area (Å²) in [5, 5.41) is 4.56. The van der Waals surface area contributed by atoms with Gasteiger partial charge >= 0.3 is 6.03 Å². The van der Waals surface area contributed by atoms with E-state index in [4.69, 9.17) is 0 Å². The van der Waals surface area contributed by atoms with E-state index in [1.165, 1.54) is 11.3 Å². The highest BCUT2D eigenvalue weighted by Gasteiger charge is 2.50. The summed E-state index contributed by atoms with van der Waals surface area (Å²) in [5.74, 6) is -0.704. The minimum absolute atomic E-state index is 0.283. The minimum atomic E-state index is -1.12. The number of hydrogen-bond donors (Lipinski definition) is 1. The van der Waals surface area contributed by atoms with E-state index in [1.807, 2.05) is 48.7 Å². The van der Waals surface area contributed by atoms with Gasteiger partial charge in [0.25, 0.3) is 5.91 Å². The second kappa shape index (κ2) is 6.68. The Balaban J connectivity index is 1.79. The number of benzene rings is 1. The van der Waals surface area contributed by atoms with E-state index in [2.05, 4.69) is 5.32 Å². The van der Waals surface area contributed by atoms with E-state index in [1.54, 1.807) is 17.9 Å². The van der Waals surface area contributed by atoms with Gasteiger partial charge in [-0.1, -0.05) is 24.3 Å². The van der Waals surface area contributed by atoms with Crippen molar-refractivity contribution in [2.45, 2.75) is 19.4 Å². The fourth-order valence-electron chi connectivity index (χ4n) is 2.90. The zero-order valence-corrected chi connectivity index (χ0v) is 14.9. The maximum Gasteiger partial charge on any atom is 0.325 e. The minimum Gasteiger partial charge on any atom is -0.319 e. The molecule has 2 heterocycles. The zero-order chi connectivity index (χ0) is 18.0. The van der Waals surface area contributed by atoms with Gasteiger partial charge in [0.1, 0.15) is 6.54 Å². The van der Waals surface area contributed by atoms with Crippen LogP contribution in [0, 0.1) is 0 Å². The van der Waals surface area contributed by atoms with Gasteiger partial charge in [-0.25, -0.2) is 4.79 Å². The second-order valence-corrected chi connectivity index (χ2v) is 6.84. The zero-order valence-electron chi connectivity index (χ0n) is 14.1. The highest BCUT2D eigenvalue weighted by Crippen LogP contribution is 2.31. The number of rotatable bonds is 5. The van der Waals surface area contributed by atoms with Crippen molar-refractivity contribution in [1.82, 2.24) is 10.2 Å². The van der Waals surface area contributed by atoms with Gasteiger partial charge in [-0.15, -0.1) is 11.3 Å². The molecule has 7 heteroatoms. The fourth-order valence-corrected chi connectivity index (χ4v) is 3.74. The Kier molecular flexibility index (Phi) is 4.59. The molecule has 1 aromatic heterocycles. The predicted molar refractivity (Wildman–Crippen MR) is 96.4 cm³/mol. The standard InChI is InChI=1S/C18H19N3O3S/c1-3-20(13-8-5-4-6-9-13)15(22)12-21-16(23)18(2,19-17(21)24)14-10-7-11-25-14/h4-11H,3,12H2,1-2H3,(H,19,24). The molecule has 2 aromatic rings. The monoisotopic (exact) mass is 357 g/mol. The first-order chi connectivity index (χ1) is 12.0. The van der Waals surface area contributed by atoms with Crippen LogP contribution in [0.15, 0.2) is 47.8 Å². The number of amides is 4. The van der Waals surface area contributed by atoms with Gasteiger partial charge < -0.3 is 10.2 Å². The molecule has 0 aliphatic carbocycles. The number of hydrogen-bond acceptors (Lipinski definition) is 4. The van der Waals surface area contributed by atoms with E-state index in [0.29, 0.717) is 6.54 Å². The Bertz CT molecular complexity index is 791. The third-order valence-corrected chi connectivity index (χ3v) is 5.36. The van der Waals surface area contributed by atoms with Crippen molar-refractivity contribution in [3.8, 4) is 0 Å². The molecule has 0 bridgehead atoms. The first-order valence-electron chi connectivity index (χ1n) is 8.01. The number of urea groups is 1. The molecule has 130 valence electrons. The number of anilines is 1. The van der Waals surface area contributed by atoms with E-state index in [9.17, 15) is 14.4 Å². The number of nitrogens with zero attached hydrogens (tertiary/aromatic N) is 2. The molecular formula is C18H19N3O3S. The van der Waals surface area contributed by atoms with Gasteiger partial charge in [0.05, 0.1) is 0 Å². The van der Waals surface area contributed by atoms with Crippen molar-refractivity contribution in [2.75, 3.05) is 18.0 Å². The molecule has 0 saturated carbocycles. The van der Waals surface area contributed by atoms with Crippen molar-refractivity contribution >= 4 is 34.9 Å². The molecule has 25 heavy (non-hydrogen) atoms. The summed E-state index contributed by atoms with van der Waals surface area (Å²) in [4.78, 5) is 41.1. The summed E-state index contributed by atoms with van der Waals surface area (Å²) in [5.41, 5.74) is -0.377. The van der Waals surface area contributed by atoms with Crippen molar-refractivity contribution in [2.24, 2.45) is 0 Å². The number of para-hydroxylation sites is 1. The Morgan fingerprint density at radius 3 is 2.52 bits per heavy atom. The quantitative estimate of drug-likeness (QED) is 0.836. The molecule has 1 aliphatic rings. The number of carbonyl (C=O) groups excluding carboxylic acids is 3. The topological polar surface area (TPSA) is 69.7 Å². The third-order valence-electron chi connectivity index (χ3n) is 4.27. The molecule has 1 aliphatic heterocycles. The van der Waals surface area contributed by atoms with Crippen LogP contribution in [0.25, 0.3) is 0 Å². The number of nitrogens with one attached hydrogen (secondary N) is 1.